The Labute approximate surface area is 71.0 Å². The summed E-state index contributed by atoms with van der Waals surface area (Å²) in [5.74, 6) is 0.483. The number of urea groups is 1. The van der Waals surface area contributed by atoms with E-state index in [2.05, 4.69) is 10.5 Å². The van der Waals surface area contributed by atoms with E-state index in [0.29, 0.717) is 12.5 Å². The summed E-state index contributed by atoms with van der Waals surface area (Å²) >= 11 is 0. The standard InChI is InChI=1S/C7H13N3O2/c1-12-4-6(5-2-3-5)9-10-7(8)11/h5H,2-4H2,1H3,(H3,8,10,11). The lowest BCUT2D eigenvalue weighted by Crippen LogP contribution is -2.27. The average Bonchev–Trinajstić information content (AvgIpc) is 2.79. The zero-order valence-corrected chi connectivity index (χ0v) is 7.04. The normalized spacial score (nSPS) is 17.6. The van der Waals surface area contributed by atoms with E-state index in [9.17, 15) is 4.79 Å². The lowest BCUT2D eigenvalue weighted by molar-refractivity contribution is 0.241. The van der Waals surface area contributed by atoms with Crippen LogP contribution in [0.25, 0.3) is 0 Å². The van der Waals surface area contributed by atoms with Gasteiger partial charge in [-0.3, -0.25) is 0 Å². The van der Waals surface area contributed by atoms with Crippen molar-refractivity contribution >= 4 is 11.7 Å². The molecule has 1 aliphatic rings. The number of nitrogens with one attached hydrogen (secondary N) is 1. The molecule has 0 aromatic heterocycles. The quantitative estimate of drug-likeness (QED) is 0.463. The van der Waals surface area contributed by atoms with E-state index < -0.39 is 6.03 Å². The van der Waals surface area contributed by atoms with E-state index in [-0.39, 0.29) is 0 Å². The Morgan fingerprint density at radius 1 is 1.75 bits per heavy atom. The minimum atomic E-state index is -0.635. The number of nitrogens with zero attached hydrogens (tertiary/aromatic N) is 1. The molecule has 1 aliphatic carbocycles. The molecule has 0 aliphatic heterocycles. The molecular weight excluding hydrogens is 158 g/mol. The van der Waals surface area contributed by atoms with Gasteiger partial charge in [-0.2, -0.15) is 5.10 Å². The number of hydrogen-bond acceptors (Lipinski definition) is 3. The molecule has 0 saturated heterocycles. The molecule has 5 heteroatoms. The van der Waals surface area contributed by atoms with Gasteiger partial charge in [-0.15, -0.1) is 0 Å². The molecule has 0 aromatic rings. The van der Waals surface area contributed by atoms with Crippen molar-refractivity contribution in [3.8, 4) is 0 Å². The second-order valence-corrected chi connectivity index (χ2v) is 2.79. The van der Waals surface area contributed by atoms with Crippen molar-refractivity contribution in [2.45, 2.75) is 12.8 Å². The molecule has 0 atom stereocenters. The second kappa shape index (κ2) is 4.06. The largest absolute Gasteiger partial charge is 0.379 e. The molecule has 1 rings (SSSR count). The summed E-state index contributed by atoms with van der Waals surface area (Å²) in [5.41, 5.74) is 7.93. The SMILES string of the molecule is COCC(=NNC(N)=O)C1CC1. The molecular formula is C7H13N3O2. The molecule has 2 amide bonds. The smallest absolute Gasteiger partial charge is 0.332 e. The predicted molar refractivity (Wildman–Crippen MR) is 44.8 cm³/mol. The fourth-order valence-corrected chi connectivity index (χ4v) is 0.933. The lowest BCUT2D eigenvalue weighted by atomic mass is 10.3. The molecule has 0 unspecified atom stereocenters. The van der Waals surface area contributed by atoms with Crippen LogP contribution in [-0.2, 0) is 4.74 Å². The Morgan fingerprint density at radius 2 is 2.42 bits per heavy atom. The zero-order chi connectivity index (χ0) is 8.97. The Bertz CT molecular complexity index is 199. The van der Waals surface area contributed by atoms with Crippen molar-refractivity contribution < 1.29 is 9.53 Å². The molecule has 0 bridgehead atoms. The van der Waals surface area contributed by atoms with Crippen LogP contribution in [0.4, 0.5) is 4.79 Å². The number of carbonyl (C=O) groups excluding carboxylic acids is 1. The molecule has 5 nitrogen and oxygen atoms in total. The minimum Gasteiger partial charge on any atom is -0.379 e. The van der Waals surface area contributed by atoms with Gasteiger partial charge < -0.3 is 10.5 Å². The maximum Gasteiger partial charge on any atom is 0.332 e. The van der Waals surface area contributed by atoms with Gasteiger partial charge in [-0.25, -0.2) is 10.2 Å². The highest BCUT2D eigenvalue weighted by molar-refractivity contribution is 5.90. The van der Waals surface area contributed by atoms with Crippen molar-refractivity contribution in [3.63, 3.8) is 0 Å². The highest BCUT2D eigenvalue weighted by Crippen LogP contribution is 2.30. The van der Waals surface area contributed by atoms with Gasteiger partial charge in [0.15, 0.2) is 0 Å². The van der Waals surface area contributed by atoms with Gasteiger partial charge in [0.2, 0.25) is 0 Å². The topological polar surface area (TPSA) is 76.7 Å². The summed E-state index contributed by atoms with van der Waals surface area (Å²) in [4.78, 5) is 10.3. The van der Waals surface area contributed by atoms with Crippen molar-refractivity contribution in [1.82, 2.24) is 5.43 Å². The molecule has 1 saturated carbocycles. The molecule has 3 N–H and O–H groups in total. The highest BCUT2D eigenvalue weighted by atomic mass is 16.5. The van der Waals surface area contributed by atoms with Gasteiger partial charge in [0.05, 0.1) is 12.3 Å². The third-order valence-electron chi connectivity index (χ3n) is 1.65. The first-order valence-electron chi connectivity index (χ1n) is 3.85. The minimum absolute atomic E-state index is 0.463. The number of hydrazone groups is 1. The Kier molecular flexibility index (Phi) is 3.04. The van der Waals surface area contributed by atoms with Crippen LogP contribution in [0.5, 0.6) is 0 Å². The van der Waals surface area contributed by atoms with E-state index in [4.69, 9.17) is 10.5 Å². The van der Waals surface area contributed by atoms with Gasteiger partial charge in [-0.1, -0.05) is 0 Å². The molecule has 0 aromatic carbocycles. The molecule has 1 fully saturated rings. The van der Waals surface area contributed by atoms with Crippen LogP contribution < -0.4 is 11.2 Å². The Hall–Kier alpha value is -1.10. The van der Waals surface area contributed by atoms with Gasteiger partial charge in [0, 0.05) is 13.0 Å². The average molecular weight is 171 g/mol. The van der Waals surface area contributed by atoms with E-state index in [1.54, 1.807) is 7.11 Å². The Balaban J connectivity index is 2.39. The maximum atomic E-state index is 10.3. The van der Waals surface area contributed by atoms with Crippen LogP contribution in [0.1, 0.15) is 12.8 Å². The number of ether oxygens (including phenoxy) is 1. The summed E-state index contributed by atoms with van der Waals surface area (Å²) in [6.07, 6.45) is 2.26. The highest BCUT2D eigenvalue weighted by Gasteiger charge is 2.27. The molecule has 68 valence electrons. The number of hydrogen-bond donors (Lipinski definition) is 2. The van der Waals surface area contributed by atoms with Gasteiger partial charge in [0.25, 0.3) is 0 Å². The predicted octanol–water partition coefficient (Wildman–Crippen LogP) is 0.0671. The van der Waals surface area contributed by atoms with Gasteiger partial charge >= 0.3 is 6.03 Å². The number of amides is 2. The van der Waals surface area contributed by atoms with Crippen molar-refractivity contribution in [2.24, 2.45) is 16.8 Å². The number of methoxy groups -OCH3 is 1. The van der Waals surface area contributed by atoms with Crippen molar-refractivity contribution in [3.05, 3.63) is 0 Å². The summed E-state index contributed by atoms with van der Waals surface area (Å²) in [5, 5.41) is 3.84. The summed E-state index contributed by atoms with van der Waals surface area (Å²) < 4.78 is 4.91. The van der Waals surface area contributed by atoms with Crippen LogP contribution in [0.3, 0.4) is 0 Å². The first kappa shape index (κ1) is 8.99. The van der Waals surface area contributed by atoms with Gasteiger partial charge in [0.1, 0.15) is 0 Å². The third-order valence-corrected chi connectivity index (χ3v) is 1.65. The lowest BCUT2D eigenvalue weighted by Gasteiger charge is -2.02. The Morgan fingerprint density at radius 3 is 2.83 bits per heavy atom. The first-order valence-corrected chi connectivity index (χ1v) is 3.85. The van der Waals surface area contributed by atoms with E-state index >= 15 is 0 Å². The molecule has 0 spiro atoms. The fourth-order valence-electron chi connectivity index (χ4n) is 0.933. The van der Waals surface area contributed by atoms with Crippen LogP contribution in [0.15, 0.2) is 5.10 Å². The van der Waals surface area contributed by atoms with E-state index in [1.165, 1.54) is 0 Å². The molecule has 0 radical (unpaired) electrons. The van der Waals surface area contributed by atoms with Crippen LogP contribution in [0, 0.1) is 5.92 Å². The first-order chi connectivity index (χ1) is 5.74. The second-order valence-electron chi connectivity index (χ2n) is 2.79. The number of carbonyl (C=O) groups is 1. The maximum absolute atomic E-state index is 10.3. The summed E-state index contributed by atoms with van der Waals surface area (Å²) in [7, 11) is 1.60. The van der Waals surface area contributed by atoms with Crippen LogP contribution >= 0.6 is 0 Å². The van der Waals surface area contributed by atoms with Crippen LogP contribution in [0.2, 0.25) is 0 Å². The monoisotopic (exact) mass is 171 g/mol. The molecule has 0 heterocycles. The molecule has 12 heavy (non-hydrogen) atoms. The van der Waals surface area contributed by atoms with Crippen molar-refractivity contribution in [1.29, 1.82) is 0 Å². The van der Waals surface area contributed by atoms with E-state index in [1.807, 2.05) is 0 Å². The number of nitrogens with two attached hydrogens (primary N) is 1. The third kappa shape index (κ3) is 2.87. The fraction of sp³-hybridized carbons (Fsp3) is 0.714. The summed E-state index contributed by atoms with van der Waals surface area (Å²) in [6, 6.07) is -0.635. The van der Waals surface area contributed by atoms with Gasteiger partial charge in [-0.05, 0) is 12.8 Å². The number of rotatable bonds is 4. The van der Waals surface area contributed by atoms with E-state index in [0.717, 1.165) is 18.6 Å². The zero-order valence-electron chi connectivity index (χ0n) is 7.04. The number of primary amides is 1. The van der Waals surface area contributed by atoms with Crippen molar-refractivity contribution in [2.75, 3.05) is 13.7 Å². The summed E-state index contributed by atoms with van der Waals surface area (Å²) in [6.45, 7) is 0.463. The van der Waals surface area contributed by atoms with Crippen LogP contribution in [-0.4, -0.2) is 25.5 Å².